The molecule has 0 radical (unpaired) electrons. The molecule has 0 atom stereocenters. The molecule has 0 N–H and O–H groups in total. The maximum absolute atomic E-state index is 8.96. The summed E-state index contributed by atoms with van der Waals surface area (Å²) in [5.41, 5.74) is 2.70. The van der Waals surface area contributed by atoms with E-state index >= 15 is 0 Å². The lowest BCUT2D eigenvalue weighted by Crippen LogP contribution is -2.17. The van der Waals surface area contributed by atoms with Gasteiger partial charge in [0.25, 0.3) is 0 Å². The molecular formula is C12H17N3. The topological polar surface area (TPSA) is 39.9 Å². The van der Waals surface area contributed by atoms with Crippen LogP contribution >= 0.6 is 0 Å². The quantitative estimate of drug-likeness (QED) is 0.751. The summed E-state index contributed by atoms with van der Waals surface area (Å²) in [7, 11) is 2.06. The Balaban J connectivity index is 2.89. The standard InChI is InChI=1S/C12H17N3/c1-4-12-11(7-13)6-10(8-14-12)9-15(3)5-2/h6,8H,4-5,9H2,1-3H3. The summed E-state index contributed by atoms with van der Waals surface area (Å²) in [6.45, 7) is 5.97. The number of aryl methyl sites for hydroxylation is 1. The van der Waals surface area contributed by atoms with E-state index in [0.29, 0.717) is 5.56 Å². The number of nitrogens with zero attached hydrogens (tertiary/aromatic N) is 3. The van der Waals surface area contributed by atoms with Crippen molar-refractivity contribution in [3.8, 4) is 6.07 Å². The van der Waals surface area contributed by atoms with Crippen LogP contribution in [0.25, 0.3) is 0 Å². The monoisotopic (exact) mass is 203 g/mol. The van der Waals surface area contributed by atoms with E-state index in [0.717, 1.165) is 30.8 Å². The normalized spacial score (nSPS) is 10.3. The second-order valence-electron chi connectivity index (χ2n) is 3.63. The lowest BCUT2D eigenvalue weighted by molar-refractivity contribution is 0.345. The molecule has 0 aliphatic carbocycles. The molecule has 0 amide bonds. The highest BCUT2D eigenvalue weighted by Gasteiger charge is 2.04. The van der Waals surface area contributed by atoms with E-state index in [-0.39, 0.29) is 0 Å². The lowest BCUT2D eigenvalue weighted by Gasteiger charge is -2.13. The number of rotatable bonds is 4. The molecule has 0 bridgehead atoms. The van der Waals surface area contributed by atoms with E-state index in [1.165, 1.54) is 0 Å². The van der Waals surface area contributed by atoms with E-state index in [1.54, 1.807) is 0 Å². The van der Waals surface area contributed by atoms with Gasteiger partial charge in [-0.25, -0.2) is 0 Å². The first-order valence-corrected chi connectivity index (χ1v) is 5.27. The van der Waals surface area contributed by atoms with Crippen molar-refractivity contribution in [2.45, 2.75) is 26.8 Å². The second kappa shape index (κ2) is 5.47. The average Bonchev–Trinajstić information content (AvgIpc) is 2.28. The predicted octanol–water partition coefficient (Wildman–Crippen LogP) is 1.97. The predicted molar refractivity (Wildman–Crippen MR) is 60.3 cm³/mol. The van der Waals surface area contributed by atoms with Crippen LogP contribution in [-0.2, 0) is 13.0 Å². The van der Waals surface area contributed by atoms with E-state index in [4.69, 9.17) is 5.26 Å². The number of aromatic nitrogens is 1. The zero-order valence-electron chi connectivity index (χ0n) is 9.62. The highest BCUT2D eigenvalue weighted by atomic mass is 15.1. The van der Waals surface area contributed by atoms with Gasteiger partial charge in [-0.1, -0.05) is 13.8 Å². The first-order chi connectivity index (χ1) is 7.21. The molecule has 0 unspecified atom stereocenters. The zero-order chi connectivity index (χ0) is 11.3. The van der Waals surface area contributed by atoms with Gasteiger partial charge in [0, 0.05) is 12.7 Å². The Bertz CT molecular complexity index is 366. The van der Waals surface area contributed by atoms with Crippen LogP contribution in [0.5, 0.6) is 0 Å². The maximum Gasteiger partial charge on any atom is 0.101 e. The molecule has 1 heterocycles. The Labute approximate surface area is 91.4 Å². The fraction of sp³-hybridized carbons (Fsp3) is 0.500. The summed E-state index contributed by atoms with van der Waals surface area (Å²) in [6.07, 6.45) is 2.68. The van der Waals surface area contributed by atoms with Crippen LogP contribution in [0.1, 0.15) is 30.7 Å². The second-order valence-corrected chi connectivity index (χ2v) is 3.63. The van der Waals surface area contributed by atoms with E-state index < -0.39 is 0 Å². The van der Waals surface area contributed by atoms with Crippen LogP contribution in [-0.4, -0.2) is 23.5 Å². The smallest absolute Gasteiger partial charge is 0.101 e. The molecule has 15 heavy (non-hydrogen) atoms. The van der Waals surface area contributed by atoms with Crippen LogP contribution in [0.2, 0.25) is 0 Å². The van der Waals surface area contributed by atoms with Crippen LogP contribution in [0.3, 0.4) is 0 Å². The first-order valence-electron chi connectivity index (χ1n) is 5.27. The minimum absolute atomic E-state index is 0.708. The summed E-state index contributed by atoms with van der Waals surface area (Å²) in [5.74, 6) is 0. The highest BCUT2D eigenvalue weighted by Crippen LogP contribution is 2.10. The summed E-state index contributed by atoms with van der Waals surface area (Å²) in [5, 5.41) is 8.96. The molecule has 1 rings (SSSR count). The molecule has 0 spiro atoms. The van der Waals surface area contributed by atoms with Gasteiger partial charge < -0.3 is 4.90 Å². The van der Waals surface area contributed by atoms with Crippen molar-refractivity contribution in [2.75, 3.05) is 13.6 Å². The zero-order valence-corrected chi connectivity index (χ0v) is 9.62. The fourth-order valence-corrected chi connectivity index (χ4v) is 1.42. The highest BCUT2D eigenvalue weighted by molar-refractivity contribution is 5.35. The number of nitriles is 1. The summed E-state index contributed by atoms with van der Waals surface area (Å²) < 4.78 is 0. The van der Waals surface area contributed by atoms with Crippen LogP contribution in [0.15, 0.2) is 12.3 Å². The van der Waals surface area contributed by atoms with Crippen molar-refractivity contribution >= 4 is 0 Å². The Morgan fingerprint density at radius 2 is 2.20 bits per heavy atom. The number of hydrogen-bond acceptors (Lipinski definition) is 3. The largest absolute Gasteiger partial charge is 0.302 e. The van der Waals surface area contributed by atoms with Crippen LogP contribution in [0, 0.1) is 11.3 Å². The van der Waals surface area contributed by atoms with Gasteiger partial charge in [-0.3, -0.25) is 4.98 Å². The first kappa shape index (κ1) is 11.7. The molecule has 1 aromatic rings. The summed E-state index contributed by atoms with van der Waals surface area (Å²) in [4.78, 5) is 6.49. The molecular weight excluding hydrogens is 186 g/mol. The summed E-state index contributed by atoms with van der Waals surface area (Å²) in [6, 6.07) is 4.14. The van der Waals surface area contributed by atoms with Crippen molar-refractivity contribution in [2.24, 2.45) is 0 Å². The molecule has 80 valence electrons. The maximum atomic E-state index is 8.96. The van der Waals surface area contributed by atoms with E-state index in [9.17, 15) is 0 Å². The van der Waals surface area contributed by atoms with Crippen molar-refractivity contribution in [1.82, 2.24) is 9.88 Å². The van der Waals surface area contributed by atoms with Crippen molar-refractivity contribution in [3.05, 3.63) is 29.1 Å². The Kier molecular flexibility index (Phi) is 4.26. The lowest BCUT2D eigenvalue weighted by atomic mass is 10.1. The molecule has 0 fully saturated rings. The van der Waals surface area contributed by atoms with Crippen LogP contribution < -0.4 is 0 Å². The van der Waals surface area contributed by atoms with Crippen molar-refractivity contribution in [3.63, 3.8) is 0 Å². The van der Waals surface area contributed by atoms with Gasteiger partial charge in [-0.05, 0) is 31.6 Å². The molecule has 3 nitrogen and oxygen atoms in total. The third-order valence-electron chi connectivity index (χ3n) is 2.47. The average molecular weight is 203 g/mol. The van der Waals surface area contributed by atoms with Gasteiger partial charge in [0.05, 0.1) is 11.3 Å². The molecule has 1 aromatic heterocycles. The van der Waals surface area contributed by atoms with Crippen molar-refractivity contribution in [1.29, 1.82) is 5.26 Å². The Morgan fingerprint density at radius 1 is 1.47 bits per heavy atom. The minimum Gasteiger partial charge on any atom is -0.302 e. The molecule has 0 aliphatic heterocycles. The third kappa shape index (κ3) is 3.03. The minimum atomic E-state index is 0.708. The van der Waals surface area contributed by atoms with Gasteiger partial charge in [0.1, 0.15) is 6.07 Å². The van der Waals surface area contributed by atoms with Crippen LogP contribution in [0.4, 0.5) is 0 Å². The van der Waals surface area contributed by atoms with E-state index in [2.05, 4.69) is 29.9 Å². The Morgan fingerprint density at radius 3 is 2.73 bits per heavy atom. The third-order valence-corrected chi connectivity index (χ3v) is 2.47. The van der Waals surface area contributed by atoms with Gasteiger partial charge in [0.15, 0.2) is 0 Å². The molecule has 0 aliphatic rings. The number of hydrogen-bond donors (Lipinski definition) is 0. The molecule has 0 aromatic carbocycles. The SMILES string of the molecule is CCc1ncc(CN(C)CC)cc1C#N. The van der Waals surface area contributed by atoms with Gasteiger partial charge in [-0.2, -0.15) is 5.26 Å². The van der Waals surface area contributed by atoms with Gasteiger partial charge in [-0.15, -0.1) is 0 Å². The molecule has 3 heteroatoms. The Hall–Kier alpha value is -1.40. The van der Waals surface area contributed by atoms with Gasteiger partial charge in [0.2, 0.25) is 0 Å². The molecule has 0 saturated heterocycles. The number of pyridine rings is 1. The van der Waals surface area contributed by atoms with E-state index in [1.807, 2.05) is 19.2 Å². The van der Waals surface area contributed by atoms with Crippen molar-refractivity contribution < 1.29 is 0 Å². The summed E-state index contributed by atoms with van der Waals surface area (Å²) >= 11 is 0. The fourth-order valence-electron chi connectivity index (χ4n) is 1.42. The molecule has 0 saturated carbocycles. The van der Waals surface area contributed by atoms with Gasteiger partial charge >= 0.3 is 0 Å².